The van der Waals surface area contributed by atoms with E-state index < -0.39 is 0 Å². The molecule has 0 amide bonds. The van der Waals surface area contributed by atoms with Gasteiger partial charge in [-0.3, -0.25) is 0 Å². The first-order valence-electron chi connectivity index (χ1n) is 7.90. The van der Waals surface area contributed by atoms with E-state index >= 15 is 0 Å². The average Bonchev–Trinajstić information content (AvgIpc) is 3.13. The minimum Gasteiger partial charge on any atom is -0.0525 e. The fourth-order valence-electron chi connectivity index (χ4n) is 7.79. The zero-order valence-corrected chi connectivity index (χ0v) is 10.1. The predicted molar refractivity (Wildman–Crippen MR) is 62.7 cm³/mol. The van der Waals surface area contributed by atoms with Gasteiger partial charge in [0.1, 0.15) is 0 Å². The van der Waals surface area contributed by atoms with Gasteiger partial charge in [-0.2, -0.15) is 0 Å². The van der Waals surface area contributed by atoms with Gasteiger partial charge in [-0.15, -0.1) is 0 Å². The summed E-state index contributed by atoms with van der Waals surface area (Å²) in [6.45, 7) is 0. The molecule has 7 aliphatic carbocycles. The summed E-state index contributed by atoms with van der Waals surface area (Å²) in [6.07, 6.45) is 11.5. The molecule has 0 saturated heterocycles. The Kier molecular flexibility index (Phi) is 1.10. The molecule has 16 heavy (non-hydrogen) atoms. The topological polar surface area (TPSA) is 0 Å². The second-order valence-electron chi connectivity index (χ2n) is 8.18. The summed E-state index contributed by atoms with van der Waals surface area (Å²) in [5.41, 5.74) is 0.973. The monoisotopic (exact) mass is 214 g/mol. The van der Waals surface area contributed by atoms with Crippen molar-refractivity contribution in [1.29, 1.82) is 0 Å². The highest BCUT2D eigenvalue weighted by Crippen LogP contribution is 2.87. The van der Waals surface area contributed by atoms with E-state index in [9.17, 15) is 0 Å². The van der Waals surface area contributed by atoms with Crippen LogP contribution in [-0.4, -0.2) is 0 Å². The van der Waals surface area contributed by atoms with Gasteiger partial charge >= 0.3 is 0 Å². The molecule has 8 unspecified atom stereocenters. The lowest BCUT2D eigenvalue weighted by Gasteiger charge is -2.53. The summed E-state index contributed by atoms with van der Waals surface area (Å²) in [5.74, 6) is 9.99. The SMILES string of the molecule is C1CC2C3C4C5CC(C6CC6)C4C5CC23C1. The van der Waals surface area contributed by atoms with Crippen LogP contribution >= 0.6 is 0 Å². The highest BCUT2D eigenvalue weighted by Gasteiger charge is 2.81. The van der Waals surface area contributed by atoms with Crippen LogP contribution in [0.3, 0.4) is 0 Å². The fourth-order valence-corrected chi connectivity index (χ4v) is 7.79. The molecule has 0 radical (unpaired) electrons. The smallest absolute Gasteiger partial charge is 0.0229 e. The van der Waals surface area contributed by atoms with Gasteiger partial charge in [-0.25, -0.2) is 0 Å². The van der Waals surface area contributed by atoms with Gasteiger partial charge in [0.05, 0.1) is 0 Å². The molecule has 7 rings (SSSR count). The van der Waals surface area contributed by atoms with Crippen molar-refractivity contribution in [2.75, 3.05) is 0 Å². The molecule has 4 bridgehead atoms. The van der Waals surface area contributed by atoms with E-state index in [1.54, 1.807) is 44.9 Å². The predicted octanol–water partition coefficient (Wildman–Crippen LogP) is 3.71. The standard InChI is InChI=1S/C16H22/c1-2-12-15-14-10-6-9(8-3-4-8)13(14)11(10)7-16(12,15)5-1/h8-15H,1-7H2. The molecule has 7 aliphatic rings. The van der Waals surface area contributed by atoms with E-state index in [-0.39, 0.29) is 0 Å². The minimum atomic E-state index is 0.973. The first-order valence-corrected chi connectivity index (χ1v) is 7.90. The Bertz CT molecular complexity index is 381. The van der Waals surface area contributed by atoms with Crippen molar-refractivity contribution in [2.45, 2.75) is 44.9 Å². The Morgan fingerprint density at radius 2 is 1.81 bits per heavy atom. The van der Waals surface area contributed by atoms with Crippen molar-refractivity contribution in [1.82, 2.24) is 0 Å². The third kappa shape index (κ3) is 0.636. The molecule has 8 atom stereocenters. The second kappa shape index (κ2) is 2.15. The van der Waals surface area contributed by atoms with Crippen molar-refractivity contribution < 1.29 is 0 Å². The molecule has 86 valence electrons. The highest BCUT2D eigenvalue weighted by molar-refractivity contribution is 5.29. The van der Waals surface area contributed by atoms with E-state index in [2.05, 4.69) is 0 Å². The normalized spacial score (nSPS) is 73.1. The Hall–Kier alpha value is 0. The molecule has 1 spiro atoms. The van der Waals surface area contributed by atoms with Crippen molar-refractivity contribution in [2.24, 2.45) is 52.8 Å². The van der Waals surface area contributed by atoms with Crippen molar-refractivity contribution in [3.05, 3.63) is 0 Å². The van der Waals surface area contributed by atoms with Crippen LogP contribution in [0.1, 0.15) is 44.9 Å². The van der Waals surface area contributed by atoms with E-state index in [1.807, 2.05) is 0 Å². The van der Waals surface area contributed by atoms with Crippen LogP contribution in [0.2, 0.25) is 0 Å². The third-order valence-electron chi connectivity index (χ3n) is 8.16. The maximum Gasteiger partial charge on any atom is -0.0229 e. The summed E-state index contributed by atoms with van der Waals surface area (Å²) >= 11 is 0. The van der Waals surface area contributed by atoms with Crippen molar-refractivity contribution in [3.8, 4) is 0 Å². The summed E-state index contributed by atoms with van der Waals surface area (Å²) < 4.78 is 0. The van der Waals surface area contributed by atoms with Crippen molar-refractivity contribution >= 4 is 0 Å². The van der Waals surface area contributed by atoms with Crippen LogP contribution in [0.15, 0.2) is 0 Å². The van der Waals surface area contributed by atoms with Gasteiger partial charge < -0.3 is 0 Å². The molecule has 0 aromatic rings. The van der Waals surface area contributed by atoms with Crippen LogP contribution < -0.4 is 0 Å². The zero-order valence-electron chi connectivity index (χ0n) is 10.1. The molecule has 0 aromatic heterocycles. The Labute approximate surface area is 98.2 Å². The molecule has 0 aliphatic heterocycles. The number of hydrogen-bond donors (Lipinski definition) is 0. The molecule has 0 nitrogen and oxygen atoms in total. The van der Waals surface area contributed by atoms with Crippen LogP contribution in [0.25, 0.3) is 0 Å². The van der Waals surface area contributed by atoms with Crippen LogP contribution in [0.5, 0.6) is 0 Å². The quantitative estimate of drug-likeness (QED) is 0.624. The van der Waals surface area contributed by atoms with Gasteiger partial charge in [0.2, 0.25) is 0 Å². The van der Waals surface area contributed by atoms with Gasteiger partial charge in [0.15, 0.2) is 0 Å². The lowest BCUT2D eigenvalue weighted by Crippen LogP contribution is -2.48. The van der Waals surface area contributed by atoms with E-state index in [1.165, 1.54) is 47.3 Å². The molecule has 7 saturated carbocycles. The average molecular weight is 214 g/mol. The molecule has 0 aromatic carbocycles. The lowest BCUT2D eigenvalue weighted by molar-refractivity contribution is -0.0573. The molecule has 0 N–H and O–H groups in total. The minimum absolute atomic E-state index is 0.973. The van der Waals surface area contributed by atoms with Crippen LogP contribution in [0.4, 0.5) is 0 Å². The highest BCUT2D eigenvalue weighted by atomic mass is 14.9. The van der Waals surface area contributed by atoms with Crippen LogP contribution in [-0.2, 0) is 0 Å². The molecular formula is C16H22. The third-order valence-corrected chi connectivity index (χ3v) is 8.16. The van der Waals surface area contributed by atoms with Gasteiger partial charge in [-0.05, 0) is 91.3 Å². The van der Waals surface area contributed by atoms with Gasteiger partial charge in [0, 0.05) is 0 Å². The van der Waals surface area contributed by atoms with Crippen molar-refractivity contribution in [3.63, 3.8) is 0 Å². The summed E-state index contributed by atoms with van der Waals surface area (Å²) in [7, 11) is 0. The largest absolute Gasteiger partial charge is 0.0525 e. The fraction of sp³-hybridized carbons (Fsp3) is 1.00. The summed E-state index contributed by atoms with van der Waals surface area (Å²) in [4.78, 5) is 0. The van der Waals surface area contributed by atoms with E-state index in [0.717, 1.165) is 5.41 Å². The van der Waals surface area contributed by atoms with Gasteiger partial charge in [-0.1, -0.05) is 6.42 Å². The summed E-state index contributed by atoms with van der Waals surface area (Å²) in [6, 6.07) is 0. The maximum absolute atomic E-state index is 1.71. The molecule has 0 heterocycles. The molecule has 7 fully saturated rings. The number of fused-ring (bicyclic) bond motifs is 2. The Morgan fingerprint density at radius 3 is 2.69 bits per heavy atom. The maximum atomic E-state index is 1.71. The second-order valence-corrected chi connectivity index (χ2v) is 8.18. The first kappa shape index (κ1) is 8.16. The van der Waals surface area contributed by atoms with E-state index in [0.29, 0.717) is 0 Å². The first-order chi connectivity index (χ1) is 7.90. The summed E-state index contributed by atoms with van der Waals surface area (Å²) in [5, 5.41) is 0. The number of rotatable bonds is 1. The number of hydrogen-bond acceptors (Lipinski definition) is 0. The zero-order chi connectivity index (χ0) is 10.1. The molecule has 0 heteroatoms. The molecular weight excluding hydrogens is 192 g/mol. The Balaban J connectivity index is 1.39. The van der Waals surface area contributed by atoms with E-state index in [4.69, 9.17) is 0 Å². The van der Waals surface area contributed by atoms with Crippen LogP contribution in [0, 0.1) is 52.8 Å². The Morgan fingerprint density at radius 1 is 0.875 bits per heavy atom. The lowest BCUT2D eigenvalue weighted by atomic mass is 9.51. The van der Waals surface area contributed by atoms with Gasteiger partial charge in [0.25, 0.3) is 0 Å².